The molecule has 14 heavy (non-hydrogen) atoms. The molecule has 1 aromatic heterocycles. The number of thiophene rings is 1. The molecule has 76 valence electrons. The van der Waals surface area contributed by atoms with E-state index in [2.05, 4.69) is 23.7 Å². The summed E-state index contributed by atoms with van der Waals surface area (Å²) in [5.74, 6) is 0. The van der Waals surface area contributed by atoms with Crippen LogP contribution in [0.2, 0.25) is 0 Å². The summed E-state index contributed by atoms with van der Waals surface area (Å²) in [6.45, 7) is 4.18. The van der Waals surface area contributed by atoms with Crippen molar-refractivity contribution in [3.8, 4) is 0 Å². The van der Waals surface area contributed by atoms with Crippen LogP contribution >= 0.6 is 11.3 Å². The molecule has 0 amide bonds. The third-order valence-corrected chi connectivity index (χ3v) is 4.56. The van der Waals surface area contributed by atoms with Crippen molar-refractivity contribution in [3.63, 3.8) is 0 Å². The molecule has 0 radical (unpaired) electrons. The zero-order valence-corrected chi connectivity index (χ0v) is 9.19. The first-order chi connectivity index (χ1) is 6.83. The minimum absolute atomic E-state index is 0.133. The monoisotopic (exact) mass is 209 g/mol. The fourth-order valence-electron chi connectivity index (χ4n) is 2.75. The topological polar surface area (TPSA) is 21.3 Å². The molecule has 1 aromatic rings. The van der Waals surface area contributed by atoms with Gasteiger partial charge in [0.15, 0.2) is 0 Å². The van der Waals surface area contributed by atoms with Crippen molar-refractivity contribution in [3.05, 3.63) is 21.9 Å². The van der Waals surface area contributed by atoms with Gasteiger partial charge in [-0.25, -0.2) is 0 Å². The molecule has 2 nitrogen and oxygen atoms in total. The Hall–Kier alpha value is -0.380. The fraction of sp³-hybridized carbons (Fsp3) is 0.636. The predicted octanol–water partition coefficient (Wildman–Crippen LogP) is 1.90. The normalized spacial score (nSPS) is 36.2. The van der Waals surface area contributed by atoms with Crippen molar-refractivity contribution in [2.75, 3.05) is 13.2 Å². The van der Waals surface area contributed by atoms with Crippen LogP contribution in [-0.4, -0.2) is 19.3 Å². The van der Waals surface area contributed by atoms with Crippen LogP contribution in [0.5, 0.6) is 0 Å². The molecule has 2 unspecified atom stereocenters. The van der Waals surface area contributed by atoms with Gasteiger partial charge in [-0.2, -0.15) is 0 Å². The molecule has 2 atom stereocenters. The highest BCUT2D eigenvalue weighted by atomic mass is 32.1. The second kappa shape index (κ2) is 3.05. The lowest BCUT2D eigenvalue weighted by Crippen LogP contribution is -2.51. The molecule has 1 N–H and O–H groups in total. The highest BCUT2D eigenvalue weighted by Crippen LogP contribution is 2.41. The number of nitrogens with one attached hydrogen (secondary N) is 1. The van der Waals surface area contributed by atoms with E-state index in [0.29, 0.717) is 6.10 Å². The second-order valence-electron chi connectivity index (χ2n) is 4.17. The Bertz CT molecular complexity index is 349. The van der Waals surface area contributed by atoms with E-state index in [9.17, 15) is 0 Å². The maximum absolute atomic E-state index is 5.71. The smallest absolute Gasteiger partial charge is 0.0771 e. The summed E-state index contributed by atoms with van der Waals surface area (Å²) < 4.78 is 5.71. The standard InChI is InChI=1S/C11H15NOS/c1-8-11(4-6-13-8)9-3-7-14-10(9)2-5-12-11/h3,7-8,12H,2,4-6H2,1H3. The lowest BCUT2D eigenvalue weighted by molar-refractivity contribution is 0.0799. The molecule has 1 fully saturated rings. The first kappa shape index (κ1) is 8.89. The minimum Gasteiger partial charge on any atom is -0.376 e. The predicted molar refractivity (Wildman–Crippen MR) is 57.7 cm³/mol. The molecule has 3 heterocycles. The van der Waals surface area contributed by atoms with Crippen molar-refractivity contribution < 1.29 is 4.74 Å². The molecule has 0 saturated carbocycles. The largest absolute Gasteiger partial charge is 0.376 e. The maximum atomic E-state index is 5.71. The lowest BCUT2D eigenvalue weighted by atomic mass is 9.81. The fourth-order valence-corrected chi connectivity index (χ4v) is 3.72. The first-order valence-corrected chi connectivity index (χ1v) is 6.14. The number of rotatable bonds is 0. The van der Waals surface area contributed by atoms with Gasteiger partial charge in [0, 0.05) is 18.0 Å². The Kier molecular flexibility index (Phi) is 1.94. The summed E-state index contributed by atoms with van der Waals surface area (Å²) in [5.41, 5.74) is 1.63. The van der Waals surface area contributed by atoms with Crippen LogP contribution in [0.3, 0.4) is 0 Å². The number of hydrogen-bond acceptors (Lipinski definition) is 3. The van der Waals surface area contributed by atoms with Crippen LogP contribution in [0, 0.1) is 0 Å². The Labute approximate surface area is 88.3 Å². The first-order valence-electron chi connectivity index (χ1n) is 5.26. The van der Waals surface area contributed by atoms with Gasteiger partial charge >= 0.3 is 0 Å². The highest BCUT2D eigenvalue weighted by molar-refractivity contribution is 7.10. The second-order valence-corrected chi connectivity index (χ2v) is 5.17. The molecule has 3 heteroatoms. The van der Waals surface area contributed by atoms with E-state index < -0.39 is 0 Å². The quantitative estimate of drug-likeness (QED) is 0.704. The van der Waals surface area contributed by atoms with E-state index in [1.807, 2.05) is 11.3 Å². The van der Waals surface area contributed by atoms with E-state index in [0.717, 1.165) is 19.6 Å². The van der Waals surface area contributed by atoms with Crippen molar-refractivity contribution in [1.29, 1.82) is 0 Å². The molecule has 0 aliphatic carbocycles. The third-order valence-electron chi connectivity index (χ3n) is 3.58. The highest BCUT2D eigenvalue weighted by Gasteiger charge is 2.45. The zero-order valence-electron chi connectivity index (χ0n) is 8.38. The Morgan fingerprint density at radius 3 is 3.36 bits per heavy atom. The molecule has 2 aliphatic heterocycles. The van der Waals surface area contributed by atoms with Gasteiger partial charge in [-0.1, -0.05) is 0 Å². The van der Waals surface area contributed by atoms with Crippen LogP contribution in [0.15, 0.2) is 11.4 Å². The van der Waals surface area contributed by atoms with E-state index in [1.54, 1.807) is 4.88 Å². The minimum atomic E-state index is 0.133. The maximum Gasteiger partial charge on any atom is 0.0771 e. The Morgan fingerprint density at radius 1 is 1.64 bits per heavy atom. The summed E-state index contributed by atoms with van der Waals surface area (Å²) in [5, 5.41) is 5.88. The van der Waals surface area contributed by atoms with Crippen molar-refractivity contribution in [1.82, 2.24) is 5.32 Å². The van der Waals surface area contributed by atoms with Gasteiger partial charge < -0.3 is 10.1 Å². The molecule has 3 rings (SSSR count). The summed E-state index contributed by atoms with van der Waals surface area (Å²) in [4.78, 5) is 1.56. The molecule has 1 spiro atoms. The SMILES string of the molecule is CC1OCCC12NCCc1sccc12. The van der Waals surface area contributed by atoms with Gasteiger partial charge in [0.2, 0.25) is 0 Å². The average molecular weight is 209 g/mol. The molecule has 2 aliphatic rings. The zero-order chi connectivity index (χ0) is 9.60. The molecule has 0 aromatic carbocycles. The Balaban J connectivity index is 2.10. The van der Waals surface area contributed by atoms with Gasteiger partial charge in [0.25, 0.3) is 0 Å². The van der Waals surface area contributed by atoms with Gasteiger partial charge in [-0.05, 0) is 36.8 Å². The van der Waals surface area contributed by atoms with Crippen LogP contribution in [0.25, 0.3) is 0 Å². The van der Waals surface area contributed by atoms with Gasteiger partial charge in [0.1, 0.15) is 0 Å². The molecule has 0 bridgehead atoms. The van der Waals surface area contributed by atoms with Gasteiger partial charge in [0.05, 0.1) is 11.6 Å². The average Bonchev–Trinajstić information content (AvgIpc) is 2.76. The van der Waals surface area contributed by atoms with E-state index >= 15 is 0 Å². The summed E-state index contributed by atoms with van der Waals surface area (Å²) >= 11 is 1.89. The van der Waals surface area contributed by atoms with Crippen molar-refractivity contribution in [2.45, 2.75) is 31.4 Å². The molecular formula is C11H15NOS. The third kappa shape index (κ3) is 1.03. The number of fused-ring (bicyclic) bond motifs is 2. The van der Waals surface area contributed by atoms with Crippen LogP contribution in [0.4, 0.5) is 0 Å². The van der Waals surface area contributed by atoms with Crippen molar-refractivity contribution >= 4 is 11.3 Å². The van der Waals surface area contributed by atoms with Crippen LogP contribution < -0.4 is 5.32 Å². The summed E-state index contributed by atoms with van der Waals surface area (Å²) in [7, 11) is 0. The van der Waals surface area contributed by atoms with Crippen LogP contribution in [-0.2, 0) is 16.7 Å². The van der Waals surface area contributed by atoms with E-state index in [1.165, 1.54) is 12.0 Å². The van der Waals surface area contributed by atoms with E-state index in [-0.39, 0.29) is 5.54 Å². The van der Waals surface area contributed by atoms with Crippen LogP contribution in [0.1, 0.15) is 23.8 Å². The van der Waals surface area contributed by atoms with E-state index in [4.69, 9.17) is 4.74 Å². The van der Waals surface area contributed by atoms with Gasteiger partial charge in [-0.15, -0.1) is 11.3 Å². The number of ether oxygens (including phenoxy) is 1. The lowest BCUT2D eigenvalue weighted by Gasteiger charge is -2.37. The Morgan fingerprint density at radius 2 is 2.57 bits per heavy atom. The number of hydrogen-bond donors (Lipinski definition) is 1. The van der Waals surface area contributed by atoms with Gasteiger partial charge in [-0.3, -0.25) is 0 Å². The van der Waals surface area contributed by atoms with Crippen molar-refractivity contribution in [2.24, 2.45) is 0 Å². The summed E-state index contributed by atoms with van der Waals surface area (Å²) in [6.07, 6.45) is 2.62. The summed E-state index contributed by atoms with van der Waals surface area (Å²) in [6, 6.07) is 2.28. The molecule has 1 saturated heterocycles. The molecular weight excluding hydrogens is 194 g/mol.